The summed E-state index contributed by atoms with van der Waals surface area (Å²) in [7, 11) is 0. The van der Waals surface area contributed by atoms with Crippen LogP contribution < -0.4 is 0 Å². The maximum atomic E-state index is 13.3. The second-order valence-electron chi connectivity index (χ2n) is 7.15. The predicted octanol–water partition coefficient (Wildman–Crippen LogP) is 4.96. The number of halogens is 1. The van der Waals surface area contributed by atoms with Gasteiger partial charge in [-0.25, -0.2) is 4.39 Å². The van der Waals surface area contributed by atoms with Crippen LogP contribution in [0.5, 0.6) is 0 Å². The fourth-order valence-corrected chi connectivity index (χ4v) is 3.79. The van der Waals surface area contributed by atoms with Crippen molar-refractivity contribution >= 4 is 5.91 Å². The van der Waals surface area contributed by atoms with E-state index in [1.165, 1.54) is 12.1 Å². The molecule has 0 aliphatic carbocycles. The van der Waals surface area contributed by atoms with Gasteiger partial charge in [0.1, 0.15) is 11.5 Å². The van der Waals surface area contributed by atoms with Gasteiger partial charge in [0.05, 0.1) is 11.7 Å². The summed E-state index contributed by atoms with van der Waals surface area (Å²) in [5, 5.41) is 0. The third-order valence-electron chi connectivity index (χ3n) is 5.14. The zero-order valence-corrected chi connectivity index (χ0v) is 15.8. The number of piperidine rings is 1. The van der Waals surface area contributed by atoms with Crippen LogP contribution in [0.1, 0.15) is 47.2 Å². The molecule has 1 saturated heterocycles. The van der Waals surface area contributed by atoms with E-state index >= 15 is 0 Å². The zero-order chi connectivity index (χ0) is 19.5. The lowest BCUT2D eigenvalue weighted by atomic mass is 9.95. The SMILES string of the molecule is Cc1cc(-c2ccc(F)cc2)cc([C@@H]2CCCCN2C(=O)c2ccccn2)n1. The number of hydrogen-bond donors (Lipinski definition) is 0. The smallest absolute Gasteiger partial charge is 0.273 e. The van der Waals surface area contributed by atoms with Crippen LogP contribution in [0, 0.1) is 12.7 Å². The van der Waals surface area contributed by atoms with Crippen molar-refractivity contribution < 1.29 is 9.18 Å². The third kappa shape index (κ3) is 3.79. The molecule has 1 fully saturated rings. The number of carbonyl (C=O) groups excluding carboxylic acids is 1. The average molecular weight is 375 g/mol. The minimum Gasteiger partial charge on any atom is -0.329 e. The highest BCUT2D eigenvalue weighted by Gasteiger charge is 2.30. The molecule has 142 valence electrons. The summed E-state index contributed by atoms with van der Waals surface area (Å²) in [4.78, 5) is 23.9. The van der Waals surface area contributed by atoms with Crippen molar-refractivity contribution in [1.82, 2.24) is 14.9 Å². The zero-order valence-electron chi connectivity index (χ0n) is 15.8. The molecule has 4 rings (SSSR count). The van der Waals surface area contributed by atoms with E-state index in [1.807, 2.05) is 36.1 Å². The van der Waals surface area contributed by atoms with Crippen LogP contribution in [0.25, 0.3) is 11.1 Å². The van der Waals surface area contributed by atoms with Crippen LogP contribution in [0.15, 0.2) is 60.8 Å². The van der Waals surface area contributed by atoms with Crippen molar-refractivity contribution in [2.45, 2.75) is 32.2 Å². The van der Waals surface area contributed by atoms with Crippen LogP contribution in [0.4, 0.5) is 4.39 Å². The van der Waals surface area contributed by atoms with E-state index in [4.69, 9.17) is 4.98 Å². The van der Waals surface area contributed by atoms with E-state index in [2.05, 4.69) is 4.98 Å². The number of aryl methyl sites for hydroxylation is 1. The molecule has 5 heteroatoms. The highest BCUT2D eigenvalue weighted by atomic mass is 19.1. The number of rotatable bonds is 3. The van der Waals surface area contributed by atoms with Gasteiger partial charge in [-0.1, -0.05) is 18.2 Å². The number of nitrogens with zero attached hydrogens (tertiary/aromatic N) is 3. The van der Waals surface area contributed by atoms with Gasteiger partial charge in [-0.05, 0) is 73.7 Å². The molecule has 1 aromatic carbocycles. The molecule has 28 heavy (non-hydrogen) atoms. The Morgan fingerprint density at radius 2 is 1.89 bits per heavy atom. The Balaban J connectivity index is 1.69. The summed E-state index contributed by atoms with van der Waals surface area (Å²) in [6.07, 6.45) is 4.55. The molecule has 3 heterocycles. The Bertz CT molecular complexity index is 973. The molecule has 3 aromatic rings. The first-order valence-electron chi connectivity index (χ1n) is 9.58. The van der Waals surface area contributed by atoms with Gasteiger partial charge < -0.3 is 4.90 Å². The summed E-state index contributed by atoms with van der Waals surface area (Å²) in [5.41, 5.74) is 4.14. The molecule has 2 aromatic heterocycles. The number of amides is 1. The van der Waals surface area contributed by atoms with E-state index in [1.54, 1.807) is 24.4 Å². The molecule has 1 amide bonds. The molecule has 1 aliphatic rings. The number of benzene rings is 1. The third-order valence-corrected chi connectivity index (χ3v) is 5.14. The van der Waals surface area contributed by atoms with Crippen LogP contribution in [-0.4, -0.2) is 27.3 Å². The van der Waals surface area contributed by atoms with E-state index in [0.717, 1.165) is 41.8 Å². The summed E-state index contributed by atoms with van der Waals surface area (Å²) in [6.45, 7) is 2.64. The van der Waals surface area contributed by atoms with Gasteiger partial charge in [0.25, 0.3) is 5.91 Å². The van der Waals surface area contributed by atoms with Gasteiger partial charge in [-0.2, -0.15) is 0 Å². The first kappa shape index (κ1) is 18.3. The Morgan fingerprint density at radius 1 is 1.07 bits per heavy atom. The van der Waals surface area contributed by atoms with Gasteiger partial charge >= 0.3 is 0 Å². The van der Waals surface area contributed by atoms with Gasteiger partial charge in [0.15, 0.2) is 0 Å². The lowest BCUT2D eigenvalue weighted by Crippen LogP contribution is -2.39. The first-order chi connectivity index (χ1) is 13.6. The summed E-state index contributed by atoms with van der Waals surface area (Å²) in [5.74, 6) is -0.314. The fourth-order valence-electron chi connectivity index (χ4n) is 3.79. The number of pyridine rings is 2. The molecule has 1 aliphatic heterocycles. The fraction of sp³-hybridized carbons (Fsp3) is 0.261. The van der Waals surface area contributed by atoms with Crippen molar-refractivity contribution in [1.29, 1.82) is 0 Å². The number of aromatic nitrogens is 2. The average Bonchev–Trinajstić information content (AvgIpc) is 2.74. The maximum absolute atomic E-state index is 13.3. The van der Waals surface area contributed by atoms with Crippen molar-refractivity contribution in [3.8, 4) is 11.1 Å². The molecule has 0 bridgehead atoms. The molecule has 0 saturated carbocycles. The quantitative estimate of drug-likeness (QED) is 0.650. The van der Waals surface area contributed by atoms with Crippen molar-refractivity contribution in [2.24, 2.45) is 0 Å². The van der Waals surface area contributed by atoms with Crippen LogP contribution in [-0.2, 0) is 0 Å². The summed E-state index contributed by atoms with van der Waals surface area (Å²) >= 11 is 0. The predicted molar refractivity (Wildman–Crippen MR) is 106 cm³/mol. The Labute approximate surface area is 164 Å². The van der Waals surface area contributed by atoms with Crippen molar-refractivity contribution in [3.63, 3.8) is 0 Å². The minimum atomic E-state index is -0.255. The van der Waals surface area contributed by atoms with Crippen molar-refractivity contribution in [2.75, 3.05) is 6.54 Å². The molecule has 0 unspecified atom stereocenters. The van der Waals surface area contributed by atoms with Crippen LogP contribution >= 0.6 is 0 Å². The summed E-state index contributed by atoms with van der Waals surface area (Å²) in [6, 6.07) is 15.8. The normalized spacial score (nSPS) is 16.8. The first-order valence-corrected chi connectivity index (χ1v) is 9.58. The van der Waals surface area contributed by atoms with Gasteiger partial charge in [0.2, 0.25) is 0 Å². The molecule has 0 radical (unpaired) electrons. The minimum absolute atomic E-state index is 0.0584. The van der Waals surface area contributed by atoms with E-state index < -0.39 is 0 Å². The van der Waals surface area contributed by atoms with Gasteiger partial charge in [-0.15, -0.1) is 0 Å². The number of likely N-dealkylation sites (tertiary alicyclic amines) is 1. The van der Waals surface area contributed by atoms with Gasteiger partial charge in [0, 0.05) is 18.4 Å². The lowest BCUT2D eigenvalue weighted by molar-refractivity contribution is 0.0600. The largest absolute Gasteiger partial charge is 0.329 e. The van der Waals surface area contributed by atoms with E-state index in [9.17, 15) is 9.18 Å². The molecular weight excluding hydrogens is 353 g/mol. The standard InChI is InChI=1S/C23H22FN3O/c1-16-14-18(17-8-10-19(24)11-9-17)15-21(26-16)22-7-3-5-13-27(22)23(28)20-6-2-4-12-25-20/h2,4,6,8-12,14-15,22H,3,5,7,13H2,1H3/t22-/m0/s1. The van der Waals surface area contributed by atoms with Crippen LogP contribution in [0.2, 0.25) is 0 Å². The molecule has 4 nitrogen and oxygen atoms in total. The van der Waals surface area contributed by atoms with E-state index in [-0.39, 0.29) is 17.8 Å². The Kier molecular flexibility index (Phi) is 5.15. The molecule has 1 atom stereocenters. The maximum Gasteiger partial charge on any atom is 0.273 e. The Hall–Kier alpha value is -3.08. The molecule has 0 spiro atoms. The lowest BCUT2D eigenvalue weighted by Gasteiger charge is -2.35. The topological polar surface area (TPSA) is 46.1 Å². The Morgan fingerprint density at radius 3 is 2.64 bits per heavy atom. The van der Waals surface area contributed by atoms with Gasteiger partial charge in [-0.3, -0.25) is 14.8 Å². The summed E-state index contributed by atoms with van der Waals surface area (Å²) < 4.78 is 13.3. The van der Waals surface area contributed by atoms with E-state index in [0.29, 0.717) is 12.2 Å². The second kappa shape index (κ2) is 7.89. The monoisotopic (exact) mass is 375 g/mol. The highest BCUT2D eigenvalue weighted by Crippen LogP contribution is 2.33. The van der Waals surface area contributed by atoms with Crippen LogP contribution in [0.3, 0.4) is 0 Å². The molecule has 0 N–H and O–H groups in total. The highest BCUT2D eigenvalue weighted by molar-refractivity contribution is 5.92. The number of carbonyl (C=O) groups is 1. The van der Waals surface area contributed by atoms with Crippen molar-refractivity contribution in [3.05, 3.63) is 83.7 Å². The second-order valence-corrected chi connectivity index (χ2v) is 7.15. The molecular formula is C23H22FN3O. The number of hydrogen-bond acceptors (Lipinski definition) is 3.